The number of hydrogen-bond acceptors (Lipinski definition) is 4. The zero-order chi connectivity index (χ0) is 13.8. The van der Waals surface area contributed by atoms with Gasteiger partial charge in [-0.3, -0.25) is 4.90 Å². The molecule has 0 spiro atoms. The van der Waals surface area contributed by atoms with Crippen LogP contribution >= 0.6 is 11.3 Å². The minimum atomic E-state index is 0.650. The van der Waals surface area contributed by atoms with Crippen LogP contribution < -0.4 is 5.32 Å². The summed E-state index contributed by atoms with van der Waals surface area (Å²) in [7, 11) is 0. The van der Waals surface area contributed by atoms with Crippen molar-refractivity contribution < 1.29 is 0 Å². The van der Waals surface area contributed by atoms with Gasteiger partial charge in [0.2, 0.25) is 0 Å². The van der Waals surface area contributed by atoms with Crippen LogP contribution in [0.3, 0.4) is 0 Å². The van der Waals surface area contributed by atoms with Crippen LogP contribution in [0.25, 0.3) is 0 Å². The lowest BCUT2D eigenvalue weighted by Gasteiger charge is -2.40. The summed E-state index contributed by atoms with van der Waals surface area (Å²) in [6.07, 6.45) is 4.54. The van der Waals surface area contributed by atoms with E-state index < -0.39 is 0 Å². The van der Waals surface area contributed by atoms with Gasteiger partial charge in [-0.1, -0.05) is 20.8 Å². The SMILES string of the molecule is CCC1CNC(CC(C)C)CN1Cc1cnc(C)s1. The second-order valence-electron chi connectivity index (χ2n) is 6.07. The first-order valence-electron chi connectivity index (χ1n) is 7.47. The summed E-state index contributed by atoms with van der Waals surface area (Å²) in [5.74, 6) is 0.767. The van der Waals surface area contributed by atoms with Crippen molar-refractivity contribution in [2.45, 2.75) is 59.2 Å². The van der Waals surface area contributed by atoms with Gasteiger partial charge in [0, 0.05) is 42.8 Å². The van der Waals surface area contributed by atoms with Gasteiger partial charge >= 0.3 is 0 Å². The number of nitrogens with zero attached hydrogens (tertiary/aromatic N) is 2. The van der Waals surface area contributed by atoms with Crippen LogP contribution in [0.4, 0.5) is 0 Å². The zero-order valence-corrected chi connectivity index (χ0v) is 13.5. The average molecular weight is 281 g/mol. The molecule has 0 saturated carbocycles. The van der Waals surface area contributed by atoms with Crippen LogP contribution in [0.1, 0.15) is 43.5 Å². The van der Waals surface area contributed by atoms with Gasteiger partial charge in [-0.25, -0.2) is 4.98 Å². The number of rotatable bonds is 5. The Balaban J connectivity index is 1.97. The van der Waals surface area contributed by atoms with E-state index in [-0.39, 0.29) is 0 Å². The maximum absolute atomic E-state index is 4.38. The molecular formula is C15H27N3S. The Bertz CT molecular complexity index is 388. The van der Waals surface area contributed by atoms with Gasteiger partial charge in [-0.05, 0) is 25.7 Å². The molecule has 0 bridgehead atoms. The van der Waals surface area contributed by atoms with Crippen LogP contribution in [0.2, 0.25) is 0 Å². The second kappa shape index (κ2) is 6.82. The summed E-state index contributed by atoms with van der Waals surface area (Å²) in [6, 6.07) is 1.32. The van der Waals surface area contributed by atoms with E-state index in [0.717, 1.165) is 19.0 Å². The molecule has 2 heterocycles. The maximum atomic E-state index is 4.38. The highest BCUT2D eigenvalue weighted by molar-refractivity contribution is 7.11. The van der Waals surface area contributed by atoms with Crippen LogP contribution in [-0.2, 0) is 6.54 Å². The molecule has 4 heteroatoms. The van der Waals surface area contributed by atoms with Crippen molar-refractivity contribution in [1.82, 2.24) is 15.2 Å². The molecule has 2 atom stereocenters. The molecule has 108 valence electrons. The largest absolute Gasteiger partial charge is 0.311 e. The molecule has 0 amide bonds. The highest BCUT2D eigenvalue weighted by Crippen LogP contribution is 2.20. The van der Waals surface area contributed by atoms with Crippen LogP contribution in [0.5, 0.6) is 0 Å². The van der Waals surface area contributed by atoms with Gasteiger partial charge in [0.25, 0.3) is 0 Å². The average Bonchev–Trinajstić information content (AvgIpc) is 2.74. The predicted molar refractivity (Wildman–Crippen MR) is 82.6 cm³/mol. The summed E-state index contributed by atoms with van der Waals surface area (Å²) in [5.41, 5.74) is 0. The minimum Gasteiger partial charge on any atom is -0.311 e. The molecule has 0 aromatic carbocycles. The smallest absolute Gasteiger partial charge is 0.0897 e. The van der Waals surface area contributed by atoms with E-state index in [1.54, 1.807) is 0 Å². The second-order valence-corrected chi connectivity index (χ2v) is 7.39. The van der Waals surface area contributed by atoms with Crippen molar-refractivity contribution >= 4 is 11.3 Å². The maximum Gasteiger partial charge on any atom is 0.0897 e. The molecule has 2 unspecified atom stereocenters. The molecule has 1 aliphatic rings. The lowest BCUT2D eigenvalue weighted by atomic mass is 9.99. The Morgan fingerprint density at radius 2 is 2.32 bits per heavy atom. The predicted octanol–water partition coefficient (Wildman–Crippen LogP) is 3.05. The molecule has 2 rings (SSSR count). The molecule has 0 aliphatic carbocycles. The van der Waals surface area contributed by atoms with Crippen molar-refractivity contribution in [2.75, 3.05) is 13.1 Å². The molecule has 1 aliphatic heterocycles. The normalized spacial score (nSPS) is 25.1. The number of aryl methyl sites for hydroxylation is 1. The summed E-state index contributed by atoms with van der Waals surface area (Å²) >= 11 is 1.84. The summed E-state index contributed by atoms with van der Waals surface area (Å²) < 4.78 is 0. The Hall–Kier alpha value is -0.450. The van der Waals surface area contributed by atoms with Gasteiger partial charge in [-0.2, -0.15) is 0 Å². The highest BCUT2D eigenvalue weighted by Gasteiger charge is 2.27. The molecule has 1 fully saturated rings. The monoisotopic (exact) mass is 281 g/mol. The lowest BCUT2D eigenvalue weighted by Crippen LogP contribution is -2.56. The van der Waals surface area contributed by atoms with E-state index in [4.69, 9.17) is 0 Å². The first kappa shape index (κ1) is 14.9. The van der Waals surface area contributed by atoms with E-state index in [9.17, 15) is 0 Å². The summed E-state index contributed by atoms with van der Waals surface area (Å²) in [5, 5.41) is 4.90. The van der Waals surface area contributed by atoms with Crippen molar-refractivity contribution in [1.29, 1.82) is 0 Å². The van der Waals surface area contributed by atoms with Gasteiger partial charge < -0.3 is 5.32 Å². The van der Waals surface area contributed by atoms with Crippen molar-refractivity contribution in [3.8, 4) is 0 Å². The first-order chi connectivity index (χ1) is 9.08. The Kier molecular flexibility index (Phi) is 5.37. The number of aromatic nitrogens is 1. The quantitative estimate of drug-likeness (QED) is 0.899. The summed E-state index contributed by atoms with van der Waals surface area (Å²) in [6.45, 7) is 12.4. The van der Waals surface area contributed by atoms with E-state index in [1.807, 2.05) is 17.5 Å². The molecule has 1 saturated heterocycles. The fraction of sp³-hybridized carbons (Fsp3) is 0.800. The third-order valence-electron chi connectivity index (χ3n) is 3.87. The highest BCUT2D eigenvalue weighted by atomic mass is 32.1. The van der Waals surface area contributed by atoms with Gasteiger partial charge in [0.05, 0.1) is 5.01 Å². The number of thiazole rings is 1. The minimum absolute atomic E-state index is 0.650. The third kappa shape index (κ3) is 4.26. The molecule has 1 aromatic heterocycles. The van der Waals surface area contributed by atoms with Gasteiger partial charge in [-0.15, -0.1) is 11.3 Å². The van der Waals surface area contributed by atoms with Crippen LogP contribution in [0.15, 0.2) is 6.20 Å². The Morgan fingerprint density at radius 1 is 1.53 bits per heavy atom. The van der Waals surface area contributed by atoms with E-state index in [0.29, 0.717) is 12.1 Å². The van der Waals surface area contributed by atoms with Crippen LogP contribution in [0, 0.1) is 12.8 Å². The molecule has 3 nitrogen and oxygen atoms in total. The zero-order valence-electron chi connectivity index (χ0n) is 12.6. The fourth-order valence-electron chi connectivity index (χ4n) is 2.93. The Morgan fingerprint density at radius 3 is 2.89 bits per heavy atom. The molecule has 1 N–H and O–H groups in total. The molecular weight excluding hydrogens is 254 g/mol. The van der Waals surface area contributed by atoms with E-state index in [1.165, 1.54) is 29.3 Å². The number of nitrogens with one attached hydrogen (secondary N) is 1. The molecule has 19 heavy (non-hydrogen) atoms. The van der Waals surface area contributed by atoms with Crippen molar-refractivity contribution in [2.24, 2.45) is 5.92 Å². The van der Waals surface area contributed by atoms with Crippen molar-refractivity contribution in [3.63, 3.8) is 0 Å². The van der Waals surface area contributed by atoms with E-state index >= 15 is 0 Å². The topological polar surface area (TPSA) is 28.2 Å². The first-order valence-corrected chi connectivity index (χ1v) is 8.28. The van der Waals surface area contributed by atoms with Crippen LogP contribution in [-0.4, -0.2) is 35.1 Å². The third-order valence-corrected chi connectivity index (χ3v) is 4.77. The summed E-state index contributed by atoms with van der Waals surface area (Å²) in [4.78, 5) is 8.43. The Labute approximate surface area is 121 Å². The molecule has 0 radical (unpaired) electrons. The number of hydrogen-bond donors (Lipinski definition) is 1. The molecule has 1 aromatic rings. The standard InChI is InChI=1S/C15H27N3S/c1-5-14-7-17-13(6-11(2)3)9-18(14)10-15-8-16-12(4)19-15/h8,11,13-14,17H,5-7,9-10H2,1-4H3. The van der Waals surface area contributed by atoms with E-state index in [2.05, 4.69) is 42.9 Å². The number of piperazine rings is 1. The lowest BCUT2D eigenvalue weighted by molar-refractivity contribution is 0.112. The fourth-order valence-corrected chi connectivity index (χ4v) is 3.75. The van der Waals surface area contributed by atoms with Gasteiger partial charge in [0.15, 0.2) is 0 Å². The van der Waals surface area contributed by atoms with Gasteiger partial charge in [0.1, 0.15) is 0 Å². The van der Waals surface area contributed by atoms with Crippen molar-refractivity contribution in [3.05, 3.63) is 16.1 Å².